The first-order valence-electron chi connectivity index (χ1n) is 13.3. The molecule has 1 saturated heterocycles. The third kappa shape index (κ3) is 6.32. The molecular weight excluding hydrogens is 567 g/mol. The minimum absolute atomic E-state index is 0.0118. The maximum atomic E-state index is 14.1. The monoisotopic (exact) mass is 600 g/mol. The molecule has 0 saturated carbocycles. The molecule has 0 spiro atoms. The van der Waals surface area contributed by atoms with Crippen LogP contribution in [-0.4, -0.2) is 68.7 Å². The molecule has 1 aliphatic rings. The molecule has 0 aliphatic carbocycles. The molecule has 5 atom stereocenters. The van der Waals surface area contributed by atoms with Gasteiger partial charge < -0.3 is 29.6 Å². The van der Waals surface area contributed by atoms with Crippen LogP contribution in [0.2, 0.25) is 0 Å². The Balaban J connectivity index is 1.36. The van der Waals surface area contributed by atoms with Gasteiger partial charge in [0, 0.05) is 11.8 Å². The van der Waals surface area contributed by atoms with Crippen molar-refractivity contribution in [1.29, 1.82) is 0 Å². The maximum Gasteiger partial charge on any atom is 0.459 e. The number of carbonyl (C=O) groups excluding carboxylic acids is 1. The topological polar surface area (TPSA) is 182 Å². The van der Waals surface area contributed by atoms with Crippen LogP contribution < -0.4 is 20.1 Å². The number of benzene rings is 2. The largest absolute Gasteiger partial charge is 0.479 e. The third-order valence-electron chi connectivity index (χ3n) is 6.55. The number of aromatic nitrogens is 4. The summed E-state index contributed by atoms with van der Waals surface area (Å²) in [6.07, 6.45) is -1.32. The van der Waals surface area contributed by atoms with Gasteiger partial charge in [0.1, 0.15) is 24.1 Å². The quantitative estimate of drug-likeness (QED) is 0.168. The molecule has 2 aromatic heterocycles. The molecule has 42 heavy (non-hydrogen) atoms. The third-order valence-corrected chi connectivity index (χ3v) is 8.18. The second kappa shape index (κ2) is 12.2. The van der Waals surface area contributed by atoms with Crippen LogP contribution in [0.25, 0.3) is 21.9 Å². The number of nitrogens with zero attached hydrogens (tertiary/aromatic N) is 4. The molecule has 0 bridgehead atoms. The highest BCUT2D eigenvalue weighted by atomic mass is 31.2. The highest BCUT2D eigenvalue weighted by molar-refractivity contribution is 7.52. The van der Waals surface area contributed by atoms with Gasteiger partial charge in [-0.15, -0.1) is 0 Å². The molecule has 0 amide bonds. The van der Waals surface area contributed by atoms with Crippen LogP contribution in [-0.2, 0) is 23.4 Å². The van der Waals surface area contributed by atoms with Gasteiger partial charge in [-0.05, 0) is 32.2 Å². The molecule has 0 radical (unpaired) electrons. The number of methoxy groups -OCH3 is 1. The predicted molar refractivity (Wildman–Crippen MR) is 153 cm³/mol. The van der Waals surface area contributed by atoms with E-state index in [2.05, 4.69) is 20.0 Å². The second-order valence-corrected chi connectivity index (χ2v) is 11.7. The van der Waals surface area contributed by atoms with Gasteiger partial charge in [-0.1, -0.05) is 36.4 Å². The highest BCUT2D eigenvalue weighted by Gasteiger charge is 2.40. The van der Waals surface area contributed by atoms with Gasteiger partial charge in [-0.25, -0.2) is 9.55 Å². The summed E-state index contributed by atoms with van der Waals surface area (Å²) in [5.74, 6) is -0.147. The molecule has 224 valence electrons. The Hall–Kier alpha value is -3.81. The lowest BCUT2D eigenvalue weighted by Crippen LogP contribution is -2.37. The lowest BCUT2D eigenvalue weighted by molar-refractivity contribution is -0.149. The number of aliphatic hydroxyl groups excluding tert-OH is 1. The summed E-state index contributed by atoms with van der Waals surface area (Å²) in [6.45, 7) is 4.59. The van der Waals surface area contributed by atoms with E-state index in [1.807, 2.05) is 30.3 Å². The summed E-state index contributed by atoms with van der Waals surface area (Å²) in [6, 6.07) is 11.7. The molecule has 1 fully saturated rings. The van der Waals surface area contributed by atoms with Crippen molar-refractivity contribution < 1.29 is 37.7 Å². The molecular formula is C27H33N6O8P. The lowest BCUT2D eigenvalue weighted by Gasteiger charge is -2.25. The van der Waals surface area contributed by atoms with E-state index in [1.54, 1.807) is 30.5 Å². The number of nitrogen functional groups attached to an aromatic ring is 1. The van der Waals surface area contributed by atoms with Gasteiger partial charge in [0.15, 0.2) is 11.2 Å². The Morgan fingerprint density at radius 3 is 2.74 bits per heavy atom. The minimum Gasteiger partial charge on any atom is -0.479 e. The van der Waals surface area contributed by atoms with E-state index in [-0.39, 0.29) is 36.7 Å². The Labute approximate surface area is 241 Å². The number of anilines is 1. The van der Waals surface area contributed by atoms with E-state index in [4.69, 9.17) is 29.0 Å². The molecule has 1 unspecified atom stereocenters. The first kappa shape index (κ1) is 29.7. The normalized spacial score (nSPS) is 21.0. The van der Waals surface area contributed by atoms with E-state index in [0.29, 0.717) is 16.6 Å². The zero-order valence-electron chi connectivity index (χ0n) is 23.5. The average Bonchev–Trinajstić information content (AvgIpc) is 3.54. The van der Waals surface area contributed by atoms with E-state index < -0.39 is 38.2 Å². The molecule has 14 nitrogen and oxygen atoms in total. The number of nitrogens with two attached hydrogens (primary N) is 1. The summed E-state index contributed by atoms with van der Waals surface area (Å²) >= 11 is 0. The lowest BCUT2D eigenvalue weighted by atomic mass is 10.1. The van der Waals surface area contributed by atoms with E-state index in [9.17, 15) is 14.5 Å². The average molecular weight is 601 g/mol. The molecule has 3 heterocycles. The zero-order valence-corrected chi connectivity index (χ0v) is 24.4. The van der Waals surface area contributed by atoms with Crippen molar-refractivity contribution in [3.63, 3.8) is 0 Å². The van der Waals surface area contributed by atoms with Crippen LogP contribution >= 0.6 is 7.75 Å². The minimum atomic E-state index is -4.23. The molecule has 4 aromatic rings. The fourth-order valence-corrected chi connectivity index (χ4v) is 6.11. The fraction of sp³-hybridized carbons (Fsp3) is 0.407. The number of esters is 1. The number of hydrogen-bond donors (Lipinski definition) is 3. The summed E-state index contributed by atoms with van der Waals surface area (Å²) in [5, 5.41) is 15.1. The SMILES string of the molecule is COc1nc(N)nc2c1ncn2[C@H]1C[C@@H](O)[C@@H](COP(=O)(N[C@@H](C)C(=O)OC(C)C)Oc2cccc3ccccc23)O1. The molecule has 5 rings (SSSR count). The van der Waals surface area contributed by atoms with Crippen molar-refractivity contribution in [2.45, 2.75) is 57.8 Å². The second-order valence-electron chi connectivity index (χ2n) is 10.0. The number of carbonyl (C=O) groups is 1. The van der Waals surface area contributed by atoms with Crippen LogP contribution in [0.4, 0.5) is 5.95 Å². The molecule has 2 aromatic carbocycles. The molecule has 1 aliphatic heterocycles. The standard InChI is InChI=1S/C27H33N6O8P/c1-15(2)39-26(35)16(3)32-42(36,41-20-11-7-9-17-8-5-6-10-18(17)20)38-13-21-19(34)12-22(40-21)33-14-29-23-24(33)30-27(28)31-25(23)37-4/h5-11,14-16,19,21-22,34H,12-13H2,1-4H3,(H,32,36)(H2,28,30,31)/t16-,19+,21+,22+,42?/m0/s1. The number of aliphatic hydroxyl groups is 1. The number of rotatable bonds is 11. The van der Waals surface area contributed by atoms with Crippen LogP contribution in [0.1, 0.15) is 33.4 Å². The van der Waals surface area contributed by atoms with Gasteiger partial charge in [0.05, 0.1) is 32.3 Å². The number of fused-ring (bicyclic) bond motifs is 2. The van der Waals surface area contributed by atoms with E-state index in [1.165, 1.54) is 20.4 Å². The predicted octanol–water partition coefficient (Wildman–Crippen LogP) is 3.35. The summed E-state index contributed by atoms with van der Waals surface area (Å²) in [4.78, 5) is 25.1. The Morgan fingerprint density at radius 1 is 1.21 bits per heavy atom. The van der Waals surface area contributed by atoms with Crippen molar-refractivity contribution in [2.75, 3.05) is 19.5 Å². The van der Waals surface area contributed by atoms with Crippen LogP contribution in [0.3, 0.4) is 0 Å². The Bertz CT molecular complexity index is 1630. The number of ether oxygens (including phenoxy) is 3. The van der Waals surface area contributed by atoms with Gasteiger partial charge in [-0.2, -0.15) is 15.1 Å². The molecule has 4 N–H and O–H groups in total. The van der Waals surface area contributed by atoms with Crippen LogP contribution in [0.5, 0.6) is 11.6 Å². The van der Waals surface area contributed by atoms with Gasteiger partial charge >= 0.3 is 13.7 Å². The smallest absolute Gasteiger partial charge is 0.459 e. The zero-order chi connectivity index (χ0) is 30.0. The first-order valence-corrected chi connectivity index (χ1v) is 14.9. The van der Waals surface area contributed by atoms with Crippen molar-refractivity contribution in [1.82, 2.24) is 24.6 Å². The summed E-state index contributed by atoms with van der Waals surface area (Å²) in [5.41, 5.74) is 6.57. The van der Waals surface area contributed by atoms with Gasteiger partial charge in [0.25, 0.3) is 0 Å². The van der Waals surface area contributed by atoms with Crippen LogP contribution in [0, 0.1) is 0 Å². The van der Waals surface area contributed by atoms with Gasteiger partial charge in [0.2, 0.25) is 11.8 Å². The first-order chi connectivity index (χ1) is 20.1. The van der Waals surface area contributed by atoms with Crippen LogP contribution in [0.15, 0.2) is 48.8 Å². The highest BCUT2D eigenvalue weighted by Crippen LogP contribution is 2.47. The summed E-state index contributed by atoms with van der Waals surface area (Å²) in [7, 11) is -2.79. The van der Waals surface area contributed by atoms with E-state index in [0.717, 1.165) is 5.39 Å². The maximum absolute atomic E-state index is 14.1. The van der Waals surface area contributed by atoms with Crippen molar-refractivity contribution in [2.24, 2.45) is 0 Å². The number of hydrogen-bond acceptors (Lipinski definition) is 12. The van der Waals surface area contributed by atoms with Gasteiger partial charge in [-0.3, -0.25) is 13.9 Å². The Kier molecular flexibility index (Phi) is 8.62. The van der Waals surface area contributed by atoms with Crippen molar-refractivity contribution in [3.8, 4) is 11.6 Å². The summed E-state index contributed by atoms with van der Waals surface area (Å²) < 4.78 is 44.1. The van der Waals surface area contributed by atoms with Crippen molar-refractivity contribution >= 4 is 41.6 Å². The Morgan fingerprint density at radius 2 is 1.98 bits per heavy atom. The van der Waals surface area contributed by atoms with E-state index >= 15 is 0 Å². The number of nitrogens with one attached hydrogen (secondary N) is 1. The number of imidazole rings is 1. The van der Waals surface area contributed by atoms with Crippen molar-refractivity contribution in [3.05, 3.63) is 48.8 Å². The fourth-order valence-electron chi connectivity index (χ4n) is 4.59. The molecule has 15 heteroatoms.